The first-order valence-corrected chi connectivity index (χ1v) is 8.34. The molecule has 0 aromatic heterocycles. The van der Waals surface area contributed by atoms with E-state index in [-0.39, 0.29) is 0 Å². The van der Waals surface area contributed by atoms with Crippen molar-refractivity contribution in [1.29, 1.82) is 0 Å². The fraction of sp³-hybridized carbons (Fsp3) is 1.00. The fourth-order valence-corrected chi connectivity index (χ4v) is 2.00. The Morgan fingerprint density at radius 2 is 1.84 bits per heavy atom. The number of hydrogen-bond donors (Lipinski definition) is 0. The third-order valence-electron chi connectivity index (χ3n) is 2.72. The second-order valence-electron chi connectivity index (χ2n) is 4.39. The number of hydrogen-bond acceptors (Lipinski definition) is 4. The van der Waals surface area contributed by atoms with Crippen LogP contribution in [0.1, 0.15) is 20.3 Å². The van der Waals surface area contributed by atoms with Gasteiger partial charge in [-0.1, -0.05) is 6.42 Å². The van der Waals surface area contributed by atoms with Crippen molar-refractivity contribution in [3.63, 3.8) is 0 Å². The molecule has 0 amide bonds. The summed E-state index contributed by atoms with van der Waals surface area (Å²) in [5.74, 6) is 1.54. The van der Waals surface area contributed by atoms with Gasteiger partial charge in [0.1, 0.15) is 0 Å². The first kappa shape index (κ1) is 22.3. The minimum absolute atomic E-state index is 0.565. The van der Waals surface area contributed by atoms with Gasteiger partial charge in [-0.25, -0.2) is 0 Å². The molecule has 1 fully saturated rings. The fourth-order valence-electron chi connectivity index (χ4n) is 1.71. The van der Waals surface area contributed by atoms with Gasteiger partial charge >= 0.3 is 22.4 Å². The van der Waals surface area contributed by atoms with Crippen molar-refractivity contribution in [1.82, 2.24) is 4.90 Å². The van der Waals surface area contributed by atoms with Crippen LogP contribution in [0.3, 0.4) is 0 Å². The van der Waals surface area contributed by atoms with E-state index in [4.69, 9.17) is 16.1 Å². The Kier molecular flexibility index (Phi) is 20.1. The van der Waals surface area contributed by atoms with Crippen LogP contribution in [0.5, 0.6) is 0 Å². The number of nitrogens with zero attached hydrogens (tertiary/aromatic N) is 3. The molecule has 1 aliphatic rings. The van der Waals surface area contributed by atoms with Crippen molar-refractivity contribution in [3.05, 3.63) is 10.6 Å². The van der Waals surface area contributed by atoms with E-state index in [1.165, 1.54) is 13.0 Å². The second kappa shape index (κ2) is 17.1. The van der Waals surface area contributed by atoms with Crippen LogP contribution < -0.4 is 0 Å². The SMILES string of the molecule is CC(C)N1CC[C@H]([N-]CC[S-])C1.C[N-]CC[S-].[O]=[Tc+4]. The molecule has 0 aliphatic carbocycles. The first-order chi connectivity index (χ1) is 9.15. The van der Waals surface area contributed by atoms with Crippen LogP contribution in [-0.2, 0) is 47.6 Å². The Balaban J connectivity index is 0. The molecule has 0 spiro atoms. The quantitative estimate of drug-likeness (QED) is 0.650. The number of rotatable bonds is 6. The molecular formula is C12H25N3OS2Tc. The van der Waals surface area contributed by atoms with E-state index >= 15 is 0 Å². The summed E-state index contributed by atoms with van der Waals surface area (Å²) in [6.45, 7) is 8.54. The third-order valence-corrected chi connectivity index (χ3v) is 3.08. The normalized spacial score (nSPS) is 18.6. The molecule has 1 heterocycles. The van der Waals surface area contributed by atoms with Crippen LogP contribution in [0.25, 0.3) is 10.6 Å². The van der Waals surface area contributed by atoms with Gasteiger partial charge in [0.05, 0.1) is 0 Å². The van der Waals surface area contributed by atoms with Gasteiger partial charge in [-0.3, -0.25) is 0 Å². The zero-order valence-electron chi connectivity index (χ0n) is 12.0. The van der Waals surface area contributed by atoms with Crippen molar-refractivity contribution >= 4 is 25.3 Å². The molecule has 0 aromatic carbocycles. The van der Waals surface area contributed by atoms with E-state index in [9.17, 15) is 0 Å². The summed E-state index contributed by atoms with van der Waals surface area (Å²) >= 11 is 10.3. The van der Waals surface area contributed by atoms with E-state index in [0.29, 0.717) is 12.1 Å². The molecule has 0 unspecified atom stereocenters. The maximum atomic E-state index is 8.22. The van der Waals surface area contributed by atoms with E-state index in [1.807, 2.05) is 0 Å². The Labute approximate surface area is 140 Å². The summed E-state index contributed by atoms with van der Waals surface area (Å²) < 4.78 is 8.22. The predicted octanol–water partition coefficient (Wildman–Crippen LogP) is 1.81. The Hall–Kier alpha value is 1.03. The van der Waals surface area contributed by atoms with Crippen molar-refractivity contribution < 1.29 is 22.4 Å². The van der Waals surface area contributed by atoms with Crippen molar-refractivity contribution in [2.75, 3.05) is 44.7 Å². The average Bonchev–Trinajstić information content (AvgIpc) is 2.89. The molecule has 0 aromatic rings. The Bertz CT molecular complexity index is 188. The summed E-state index contributed by atoms with van der Waals surface area (Å²) in [5.41, 5.74) is 0. The third kappa shape index (κ3) is 13.8. The van der Waals surface area contributed by atoms with Gasteiger partial charge < -0.3 is 40.8 Å². The van der Waals surface area contributed by atoms with Crippen molar-refractivity contribution in [2.45, 2.75) is 32.4 Å². The summed E-state index contributed by atoms with van der Waals surface area (Å²) in [4.78, 5) is 2.48. The molecule has 7 heteroatoms. The molecule has 1 saturated heterocycles. The molecule has 0 saturated carbocycles. The molecular weight excluding hydrogens is 364 g/mol. The van der Waals surface area contributed by atoms with Crippen molar-refractivity contribution in [3.8, 4) is 0 Å². The van der Waals surface area contributed by atoms with Crippen LogP contribution in [0.4, 0.5) is 0 Å². The summed E-state index contributed by atoms with van der Waals surface area (Å²) in [7, 11) is 1.77. The van der Waals surface area contributed by atoms with Crippen LogP contribution in [0, 0.1) is 0 Å². The standard InChI is InChI=1S/C9H19N2S.C3H8NS.O.Tc/c1-8(2)11-5-3-9(7-11)10-4-6-12;1-4-2-3-5;;/h8-9,12H,3-7H2,1-2H3;5H,2-3H2,1H3;;/q2*-1;;+4/p-2/t9-;;;/m0.../s1. The second-order valence-corrected chi connectivity index (χ2v) is 5.20. The number of likely N-dealkylation sites (tertiary alicyclic amines) is 1. The summed E-state index contributed by atoms with van der Waals surface area (Å²) in [5, 5.41) is 8.28. The van der Waals surface area contributed by atoms with Gasteiger partial charge in [-0.15, -0.1) is 6.04 Å². The topological polar surface area (TPSA) is 48.5 Å². The van der Waals surface area contributed by atoms with Gasteiger partial charge in [0.15, 0.2) is 0 Å². The molecule has 1 aliphatic heterocycles. The zero-order valence-corrected chi connectivity index (χ0v) is 15.5. The first-order valence-electron chi connectivity index (χ1n) is 6.43. The minimum atomic E-state index is 0.565. The predicted molar refractivity (Wildman–Crippen MR) is 82.6 cm³/mol. The molecule has 0 radical (unpaired) electrons. The molecule has 4 nitrogen and oxygen atoms in total. The molecule has 113 valence electrons. The van der Waals surface area contributed by atoms with E-state index < -0.39 is 0 Å². The molecule has 0 bridgehead atoms. The average molecular weight is 389 g/mol. The van der Waals surface area contributed by atoms with Crippen LogP contribution in [0.2, 0.25) is 0 Å². The van der Waals surface area contributed by atoms with Gasteiger partial charge in [0.25, 0.3) is 0 Å². The van der Waals surface area contributed by atoms with Gasteiger partial charge in [-0.05, 0) is 26.9 Å². The van der Waals surface area contributed by atoms with Gasteiger partial charge in [-0.2, -0.15) is 31.6 Å². The molecule has 19 heavy (non-hydrogen) atoms. The van der Waals surface area contributed by atoms with Crippen molar-refractivity contribution in [2.24, 2.45) is 0 Å². The maximum absolute atomic E-state index is 8.22. The molecule has 0 N–H and O–H groups in total. The van der Waals surface area contributed by atoms with Crippen LogP contribution in [-0.4, -0.2) is 61.7 Å². The van der Waals surface area contributed by atoms with Crippen LogP contribution >= 0.6 is 0 Å². The Morgan fingerprint density at radius 3 is 2.16 bits per heavy atom. The molecule has 1 rings (SSSR count). The summed E-state index contributed by atoms with van der Waals surface area (Å²) in [6, 6.07) is 1.24. The van der Waals surface area contributed by atoms with Crippen LogP contribution in [0.15, 0.2) is 0 Å². The Morgan fingerprint density at radius 1 is 1.26 bits per heavy atom. The van der Waals surface area contributed by atoms with Gasteiger partial charge in [0, 0.05) is 6.04 Å². The van der Waals surface area contributed by atoms with E-state index in [0.717, 1.165) is 50.0 Å². The van der Waals surface area contributed by atoms with E-state index in [1.54, 1.807) is 7.05 Å². The molecule has 1 atom stereocenters. The summed E-state index contributed by atoms with van der Waals surface area (Å²) in [6.07, 6.45) is 1.23. The zero-order chi connectivity index (χ0) is 15.1. The monoisotopic (exact) mass is 388 g/mol. The van der Waals surface area contributed by atoms with Gasteiger partial charge in [0.2, 0.25) is 0 Å². The van der Waals surface area contributed by atoms with E-state index in [2.05, 4.69) is 42.0 Å².